The third kappa shape index (κ3) is 3.61. The highest BCUT2D eigenvalue weighted by molar-refractivity contribution is 5.41. The first-order valence-electron chi connectivity index (χ1n) is 5.92. The molecule has 0 amide bonds. The Morgan fingerprint density at radius 1 is 1.50 bits per heavy atom. The molecule has 1 aromatic rings. The normalized spacial score (nSPS) is 13.6. The molecule has 0 aliphatic carbocycles. The number of benzene rings is 1. The molecule has 0 spiro atoms. The van der Waals surface area contributed by atoms with Crippen molar-refractivity contribution < 1.29 is 0 Å². The molecule has 0 bridgehead atoms. The fraction of sp³-hybridized carbons (Fsp3) is 0.429. The second-order valence-corrected chi connectivity index (χ2v) is 4.13. The van der Waals surface area contributed by atoms with Crippen molar-refractivity contribution >= 4 is 5.69 Å². The van der Waals surface area contributed by atoms with Gasteiger partial charge < -0.3 is 11.1 Å². The predicted molar refractivity (Wildman–Crippen MR) is 71.1 cm³/mol. The molecule has 3 N–H and O–H groups in total. The maximum Gasteiger partial charge on any atom is 0.0511 e. The molecule has 0 saturated heterocycles. The van der Waals surface area contributed by atoms with Crippen molar-refractivity contribution in [1.29, 1.82) is 0 Å². The number of anilines is 1. The van der Waals surface area contributed by atoms with Crippen molar-refractivity contribution in [3.8, 4) is 0 Å². The van der Waals surface area contributed by atoms with Crippen molar-refractivity contribution in [2.45, 2.75) is 39.7 Å². The van der Waals surface area contributed by atoms with Crippen LogP contribution in [0, 0.1) is 0 Å². The molecule has 0 heterocycles. The fourth-order valence-corrected chi connectivity index (χ4v) is 1.74. The Kier molecular flexibility index (Phi) is 4.90. The molecule has 1 rings (SSSR count). The van der Waals surface area contributed by atoms with Crippen molar-refractivity contribution in [2.24, 2.45) is 0 Å². The molecule has 88 valence electrons. The Hall–Kier alpha value is -1.44. The summed E-state index contributed by atoms with van der Waals surface area (Å²) in [5.74, 6) is 0. The molecule has 2 nitrogen and oxygen atoms in total. The number of rotatable bonds is 5. The van der Waals surface area contributed by atoms with Gasteiger partial charge in [-0.1, -0.05) is 31.6 Å². The van der Waals surface area contributed by atoms with Crippen molar-refractivity contribution in [3.63, 3.8) is 0 Å². The van der Waals surface area contributed by atoms with Gasteiger partial charge in [-0.2, -0.15) is 0 Å². The van der Waals surface area contributed by atoms with E-state index in [-0.39, 0.29) is 0 Å². The molecule has 16 heavy (non-hydrogen) atoms. The first-order chi connectivity index (χ1) is 7.67. The third-order valence-electron chi connectivity index (χ3n) is 2.73. The summed E-state index contributed by atoms with van der Waals surface area (Å²) in [6, 6.07) is 8.49. The average Bonchev–Trinajstić information content (AvgIpc) is 2.28. The Balaban J connectivity index is 2.84. The molecular weight excluding hydrogens is 196 g/mol. The highest BCUT2D eigenvalue weighted by Gasteiger charge is 2.09. The van der Waals surface area contributed by atoms with Gasteiger partial charge in [0.15, 0.2) is 0 Å². The van der Waals surface area contributed by atoms with Gasteiger partial charge in [-0.15, -0.1) is 0 Å². The molecule has 0 radical (unpaired) electrons. The number of nitrogens with two attached hydrogens (primary N) is 1. The van der Waals surface area contributed by atoms with E-state index in [1.807, 2.05) is 19.1 Å². The van der Waals surface area contributed by atoms with Gasteiger partial charge in [0.1, 0.15) is 0 Å². The number of nitrogens with one attached hydrogen (secondary N) is 1. The van der Waals surface area contributed by atoms with Crippen LogP contribution in [0.3, 0.4) is 0 Å². The minimum absolute atomic E-state index is 0.365. The summed E-state index contributed by atoms with van der Waals surface area (Å²) in [5, 5.41) is 3.52. The monoisotopic (exact) mass is 218 g/mol. The number of nitrogen functional groups attached to an aromatic ring is 1. The first kappa shape index (κ1) is 12.6. The fourth-order valence-electron chi connectivity index (χ4n) is 1.74. The number of hydrogen-bond acceptors (Lipinski definition) is 2. The van der Waals surface area contributed by atoms with Gasteiger partial charge in [-0.3, -0.25) is 0 Å². The van der Waals surface area contributed by atoms with Crippen LogP contribution in [0.15, 0.2) is 36.0 Å². The zero-order valence-corrected chi connectivity index (χ0v) is 10.5. The average molecular weight is 218 g/mol. The van der Waals surface area contributed by atoms with Crippen LogP contribution in [0.4, 0.5) is 5.69 Å². The van der Waals surface area contributed by atoms with E-state index in [2.05, 4.69) is 37.4 Å². The quantitative estimate of drug-likeness (QED) is 0.741. The second kappa shape index (κ2) is 6.21. The molecule has 1 unspecified atom stereocenters. The van der Waals surface area contributed by atoms with Gasteiger partial charge in [-0.05, 0) is 38.0 Å². The zero-order valence-electron chi connectivity index (χ0n) is 10.5. The maximum atomic E-state index is 5.81. The van der Waals surface area contributed by atoms with E-state index < -0.39 is 0 Å². The van der Waals surface area contributed by atoms with E-state index >= 15 is 0 Å². The van der Waals surface area contributed by atoms with Crippen LogP contribution in [0.2, 0.25) is 0 Å². The SMILES string of the molecule is C/C=C(\C)NC(CCC)c1cccc(N)c1. The molecule has 2 heteroatoms. The lowest BCUT2D eigenvalue weighted by atomic mass is 10.0. The predicted octanol–water partition coefficient (Wildman–Crippen LogP) is 3.62. The van der Waals surface area contributed by atoms with Crippen LogP contribution in [0.25, 0.3) is 0 Å². The summed E-state index contributed by atoms with van der Waals surface area (Å²) < 4.78 is 0. The van der Waals surface area contributed by atoms with Gasteiger partial charge in [0.2, 0.25) is 0 Å². The van der Waals surface area contributed by atoms with Crippen molar-refractivity contribution in [1.82, 2.24) is 5.32 Å². The van der Waals surface area contributed by atoms with E-state index in [4.69, 9.17) is 5.73 Å². The standard InChI is InChI=1S/C14H22N2/c1-4-7-14(16-11(3)5-2)12-8-6-9-13(15)10-12/h5-6,8-10,14,16H,4,7,15H2,1-3H3/b11-5+. The number of allylic oxidation sites excluding steroid dienone is 2. The highest BCUT2D eigenvalue weighted by Crippen LogP contribution is 2.21. The molecule has 1 aromatic carbocycles. The summed E-state index contributed by atoms with van der Waals surface area (Å²) in [6.07, 6.45) is 4.37. The minimum atomic E-state index is 0.365. The van der Waals surface area contributed by atoms with Crippen molar-refractivity contribution in [2.75, 3.05) is 5.73 Å². The molecule has 0 aliphatic heterocycles. The van der Waals surface area contributed by atoms with E-state index in [9.17, 15) is 0 Å². The third-order valence-corrected chi connectivity index (χ3v) is 2.73. The van der Waals surface area contributed by atoms with Crippen LogP contribution in [0.5, 0.6) is 0 Å². The summed E-state index contributed by atoms with van der Waals surface area (Å²) in [7, 11) is 0. The van der Waals surface area contributed by atoms with Gasteiger partial charge in [0.05, 0.1) is 6.04 Å². The number of hydrogen-bond donors (Lipinski definition) is 2. The van der Waals surface area contributed by atoms with E-state index in [0.29, 0.717) is 6.04 Å². The summed E-state index contributed by atoms with van der Waals surface area (Å²) >= 11 is 0. The van der Waals surface area contributed by atoms with Crippen LogP contribution in [-0.2, 0) is 0 Å². The summed E-state index contributed by atoms with van der Waals surface area (Å²) in [6.45, 7) is 6.34. The highest BCUT2D eigenvalue weighted by atomic mass is 14.9. The lowest BCUT2D eigenvalue weighted by molar-refractivity contribution is 0.544. The molecule has 0 saturated carbocycles. The molecule has 0 fully saturated rings. The van der Waals surface area contributed by atoms with Gasteiger partial charge in [-0.25, -0.2) is 0 Å². The maximum absolute atomic E-state index is 5.81. The van der Waals surface area contributed by atoms with E-state index in [1.165, 1.54) is 11.3 Å². The van der Waals surface area contributed by atoms with Crippen LogP contribution >= 0.6 is 0 Å². The van der Waals surface area contributed by atoms with E-state index in [0.717, 1.165) is 18.5 Å². The Morgan fingerprint density at radius 3 is 2.81 bits per heavy atom. The second-order valence-electron chi connectivity index (χ2n) is 4.13. The Bertz CT molecular complexity index is 356. The van der Waals surface area contributed by atoms with Crippen molar-refractivity contribution in [3.05, 3.63) is 41.6 Å². The lowest BCUT2D eigenvalue weighted by Gasteiger charge is -2.20. The first-order valence-corrected chi connectivity index (χ1v) is 5.92. The van der Waals surface area contributed by atoms with E-state index in [1.54, 1.807) is 0 Å². The lowest BCUT2D eigenvalue weighted by Crippen LogP contribution is -2.19. The molecule has 1 atom stereocenters. The summed E-state index contributed by atoms with van der Waals surface area (Å²) in [5.41, 5.74) is 9.12. The summed E-state index contributed by atoms with van der Waals surface area (Å²) in [4.78, 5) is 0. The van der Waals surface area contributed by atoms with Crippen LogP contribution in [0.1, 0.15) is 45.2 Å². The van der Waals surface area contributed by atoms with Gasteiger partial charge in [0, 0.05) is 11.4 Å². The Labute approximate surface area is 98.6 Å². The smallest absolute Gasteiger partial charge is 0.0511 e. The largest absolute Gasteiger partial charge is 0.399 e. The van der Waals surface area contributed by atoms with Crippen LogP contribution in [-0.4, -0.2) is 0 Å². The Morgan fingerprint density at radius 2 is 2.25 bits per heavy atom. The molecular formula is C14H22N2. The topological polar surface area (TPSA) is 38.0 Å². The van der Waals surface area contributed by atoms with Gasteiger partial charge in [0.25, 0.3) is 0 Å². The van der Waals surface area contributed by atoms with Gasteiger partial charge >= 0.3 is 0 Å². The molecule has 0 aliphatic rings. The zero-order chi connectivity index (χ0) is 12.0. The molecule has 0 aromatic heterocycles. The van der Waals surface area contributed by atoms with Crippen LogP contribution < -0.4 is 11.1 Å². The minimum Gasteiger partial charge on any atom is -0.399 e.